The van der Waals surface area contributed by atoms with Crippen LogP contribution in [0.3, 0.4) is 0 Å². The summed E-state index contributed by atoms with van der Waals surface area (Å²) in [5.74, 6) is 0. The number of pyridine rings is 1. The molecule has 1 aliphatic heterocycles. The Morgan fingerprint density at radius 1 is 1.28 bits per heavy atom. The molecule has 3 rings (SSSR count). The van der Waals surface area contributed by atoms with Crippen LogP contribution in [0.25, 0.3) is 6.08 Å². The third-order valence-corrected chi connectivity index (χ3v) is 4.47. The molecule has 2 nitrogen and oxygen atoms in total. The van der Waals surface area contributed by atoms with E-state index in [-0.39, 0.29) is 0 Å². The van der Waals surface area contributed by atoms with Gasteiger partial charge in [0.05, 0.1) is 0 Å². The van der Waals surface area contributed by atoms with E-state index in [2.05, 4.69) is 22.9 Å². The van der Waals surface area contributed by atoms with E-state index in [1.54, 1.807) is 0 Å². The van der Waals surface area contributed by atoms with E-state index in [9.17, 15) is 0 Å². The van der Waals surface area contributed by atoms with Gasteiger partial charge in [-0.05, 0) is 57.3 Å². The van der Waals surface area contributed by atoms with E-state index in [4.69, 9.17) is 11.6 Å². The molecule has 1 saturated heterocycles. The van der Waals surface area contributed by atoms with E-state index in [1.165, 1.54) is 42.6 Å². The van der Waals surface area contributed by atoms with Crippen molar-refractivity contribution in [3.8, 4) is 0 Å². The first-order valence-electron chi connectivity index (χ1n) is 6.72. The molecule has 0 N–H and O–H groups in total. The molecule has 0 aromatic carbocycles. The van der Waals surface area contributed by atoms with Gasteiger partial charge in [-0.25, -0.2) is 4.98 Å². The minimum Gasteiger partial charge on any atom is -0.299 e. The Morgan fingerprint density at radius 2 is 2.00 bits per heavy atom. The molecule has 3 heteroatoms. The summed E-state index contributed by atoms with van der Waals surface area (Å²) in [5, 5.41) is 0.671. The summed E-state index contributed by atoms with van der Waals surface area (Å²) in [6.07, 6.45) is 6.01. The van der Waals surface area contributed by atoms with Gasteiger partial charge in [0.2, 0.25) is 0 Å². The van der Waals surface area contributed by atoms with E-state index in [1.807, 2.05) is 6.92 Å². The van der Waals surface area contributed by atoms with Gasteiger partial charge in [-0.3, -0.25) is 4.90 Å². The number of likely N-dealkylation sites (tertiary alicyclic amines) is 1. The molecule has 0 saturated carbocycles. The lowest BCUT2D eigenvalue weighted by molar-refractivity contribution is 0.367. The Hall–Kier alpha value is -0.860. The average molecular weight is 263 g/mol. The van der Waals surface area contributed by atoms with Crippen molar-refractivity contribution in [2.45, 2.75) is 33.1 Å². The van der Waals surface area contributed by atoms with Crippen molar-refractivity contribution in [2.75, 3.05) is 19.6 Å². The minimum absolute atomic E-state index is 0.671. The van der Waals surface area contributed by atoms with Gasteiger partial charge in [-0.1, -0.05) is 23.3 Å². The average Bonchev–Trinajstić information content (AvgIpc) is 2.96. The third-order valence-electron chi connectivity index (χ3n) is 4.19. The maximum atomic E-state index is 6.26. The van der Waals surface area contributed by atoms with Crippen LogP contribution < -0.4 is 0 Å². The molecular weight excluding hydrogens is 244 g/mol. The fourth-order valence-corrected chi connectivity index (χ4v) is 3.32. The van der Waals surface area contributed by atoms with Crippen molar-refractivity contribution in [2.24, 2.45) is 0 Å². The van der Waals surface area contributed by atoms with Crippen LogP contribution >= 0.6 is 11.6 Å². The molecular formula is C15H19ClN2. The highest BCUT2D eigenvalue weighted by Gasteiger charge is 2.22. The van der Waals surface area contributed by atoms with E-state index in [0.29, 0.717) is 5.15 Å². The second-order valence-corrected chi connectivity index (χ2v) is 5.83. The second kappa shape index (κ2) is 4.67. The lowest BCUT2D eigenvalue weighted by atomic mass is 10.0. The molecule has 0 spiro atoms. The van der Waals surface area contributed by atoms with E-state index < -0.39 is 0 Å². The normalized spacial score (nSPS) is 19.2. The molecule has 2 aliphatic rings. The predicted octanol–water partition coefficient (Wildman–Crippen LogP) is 3.39. The summed E-state index contributed by atoms with van der Waals surface area (Å²) < 4.78 is 0. The molecule has 0 atom stereocenters. The van der Waals surface area contributed by atoms with Crippen LogP contribution in [0.2, 0.25) is 5.15 Å². The SMILES string of the molecule is Cc1nc(Cl)c2c(c1C)CC(CN1CCCC1)=C2. The van der Waals surface area contributed by atoms with Crippen LogP contribution in [-0.2, 0) is 6.42 Å². The van der Waals surface area contributed by atoms with Crippen LogP contribution in [0.15, 0.2) is 5.57 Å². The largest absolute Gasteiger partial charge is 0.299 e. The topological polar surface area (TPSA) is 16.1 Å². The maximum Gasteiger partial charge on any atom is 0.136 e. The number of fused-ring (bicyclic) bond motifs is 1. The Labute approximate surface area is 114 Å². The van der Waals surface area contributed by atoms with Crippen LogP contribution in [-0.4, -0.2) is 29.5 Å². The molecule has 1 aromatic rings. The summed E-state index contributed by atoms with van der Waals surface area (Å²) in [4.78, 5) is 6.96. The molecule has 1 aromatic heterocycles. The molecule has 2 heterocycles. The van der Waals surface area contributed by atoms with Gasteiger partial charge in [0.1, 0.15) is 5.15 Å². The first-order valence-corrected chi connectivity index (χ1v) is 7.10. The van der Waals surface area contributed by atoms with E-state index >= 15 is 0 Å². The highest BCUT2D eigenvalue weighted by Crippen LogP contribution is 2.33. The first kappa shape index (κ1) is 12.2. The van der Waals surface area contributed by atoms with Crippen molar-refractivity contribution in [3.05, 3.63) is 33.1 Å². The molecule has 0 amide bonds. The molecule has 96 valence electrons. The molecule has 1 fully saturated rings. The zero-order valence-corrected chi connectivity index (χ0v) is 11.8. The summed E-state index contributed by atoms with van der Waals surface area (Å²) in [5.41, 5.74) is 6.41. The summed E-state index contributed by atoms with van der Waals surface area (Å²) in [7, 11) is 0. The molecule has 18 heavy (non-hydrogen) atoms. The second-order valence-electron chi connectivity index (χ2n) is 5.47. The number of nitrogens with zero attached hydrogens (tertiary/aromatic N) is 2. The third kappa shape index (κ3) is 2.08. The Balaban J connectivity index is 1.85. The number of hydrogen-bond donors (Lipinski definition) is 0. The van der Waals surface area contributed by atoms with Crippen LogP contribution in [0.4, 0.5) is 0 Å². The summed E-state index contributed by atoms with van der Waals surface area (Å²) in [6, 6.07) is 0. The summed E-state index contributed by atoms with van der Waals surface area (Å²) >= 11 is 6.26. The molecule has 0 unspecified atom stereocenters. The highest BCUT2D eigenvalue weighted by atomic mass is 35.5. The van der Waals surface area contributed by atoms with Crippen molar-refractivity contribution in [1.82, 2.24) is 9.88 Å². The zero-order chi connectivity index (χ0) is 12.7. The Kier molecular flexibility index (Phi) is 3.16. The number of rotatable bonds is 2. The van der Waals surface area contributed by atoms with Gasteiger partial charge in [0.15, 0.2) is 0 Å². The van der Waals surface area contributed by atoms with Gasteiger partial charge in [-0.2, -0.15) is 0 Å². The number of aromatic nitrogens is 1. The van der Waals surface area contributed by atoms with Crippen molar-refractivity contribution >= 4 is 17.7 Å². The van der Waals surface area contributed by atoms with Crippen LogP contribution in [0, 0.1) is 13.8 Å². The van der Waals surface area contributed by atoms with Gasteiger partial charge < -0.3 is 0 Å². The van der Waals surface area contributed by atoms with Crippen LogP contribution in [0.5, 0.6) is 0 Å². The number of halogens is 1. The summed E-state index contributed by atoms with van der Waals surface area (Å²) in [6.45, 7) is 7.79. The Bertz CT molecular complexity index is 514. The molecule has 0 radical (unpaired) electrons. The standard InChI is InChI=1S/C15H19ClN2/c1-10-11(2)17-15(16)14-8-12(7-13(10)14)9-18-5-3-4-6-18/h8H,3-7,9H2,1-2H3. The Morgan fingerprint density at radius 3 is 2.72 bits per heavy atom. The van der Waals surface area contributed by atoms with Gasteiger partial charge >= 0.3 is 0 Å². The van der Waals surface area contributed by atoms with Gasteiger partial charge in [-0.15, -0.1) is 0 Å². The molecule has 1 aliphatic carbocycles. The number of hydrogen-bond acceptors (Lipinski definition) is 2. The maximum absolute atomic E-state index is 6.26. The van der Waals surface area contributed by atoms with Crippen molar-refractivity contribution in [3.63, 3.8) is 0 Å². The van der Waals surface area contributed by atoms with E-state index in [0.717, 1.165) is 24.2 Å². The fraction of sp³-hybridized carbons (Fsp3) is 0.533. The van der Waals surface area contributed by atoms with Crippen molar-refractivity contribution in [1.29, 1.82) is 0 Å². The zero-order valence-electron chi connectivity index (χ0n) is 11.1. The minimum atomic E-state index is 0.671. The van der Waals surface area contributed by atoms with Gasteiger partial charge in [0, 0.05) is 17.8 Å². The number of aryl methyl sites for hydroxylation is 1. The fourth-order valence-electron chi connectivity index (χ4n) is 3.02. The highest BCUT2D eigenvalue weighted by molar-refractivity contribution is 6.31. The quantitative estimate of drug-likeness (QED) is 0.760. The van der Waals surface area contributed by atoms with Gasteiger partial charge in [0.25, 0.3) is 0 Å². The smallest absolute Gasteiger partial charge is 0.136 e. The lowest BCUT2D eigenvalue weighted by Crippen LogP contribution is -2.21. The van der Waals surface area contributed by atoms with Crippen molar-refractivity contribution < 1.29 is 0 Å². The monoisotopic (exact) mass is 262 g/mol. The predicted molar refractivity (Wildman–Crippen MR) is 76.1 cm³/mol. The first-order chi connectivity index (χ1) is 8.65. The lowest BCUT2D eigenvalue weighted by Gasteiger charge is -2.15. The van der Waals surface area contributed by atoms with Crippen LogP contribution in [0.1, 0.15) is 35.2 Å². The molecule has 0 bridgehead atoms.